The molecule has 0 aromatic heterocycles. The Bertz CT molecular complexity index is 2250. The van der Waals surface area contributed by atoms with Crippen molar-refractivity contribution in [3.8, 4) is 0 Å². The Morgan fingerprint density at radius 3 is 2.40 bits per heavy atom. The zero-order valence-corrected chi connectivity index (χ0v) is 28.4. The molecule has 11 nitrogen and oxygen atoms in total. The third kappa shape index (κ3) is 5.99. The Hall–Kier alpha value is -6.17. The highest BCUT2D eigenvalue weighted by atomic mass is 16.6. The fraction of sp³-hybridized carbons (Fsp3) is 0.195. The molecular weight excluding hydrogens is 660 g/mol. The third-order valence-corrected chi connectivity index (χ3v) is 9.85. The van der Waals surface area contributed by atoms with E-state index in [0.717, 1.165) is 22.0 Å². The van der Waals surface area contributed by atoms with Gasteiger partial charge in [-0.15, -0.1) is 0 Å². The molecule has 0 unspecified atom stereocenters. The molecule has 0 saturated carbocycles. The molecule has 262 valence electrons. The van der Waals surface area contributed by atoms with Crippen LogP contribution in [0.4, 0.5) is 22.7 Å². The quantitative estimate of drug-likeness (QED) is 0.0876. The number of carbonyl (C=O) groups is 3. The number of nitro groups is 1. The molecule has 2 aliphatic heterocycles. The van der Waals surface area contributed by atoms with E-state index in [1.165, 1.54) is 28.0 Å². The number of hydrogen-bond donors (Lipinski definition) is 2. The highest BCUT2D eigenvalue weighted by Gasteiger charge is 2.53. The molecule has 0 saturated heterocycles. The van der Waals surface area contributed by atoms with Crippen molar-refractivity contribution in [3.05, 3.63) is 154 Å². The minimum atomic E-state index is -2.17. The second kappa shape index (κ2) is 13.9. The number of nitrogens with zero attached hydrogens (tertiary/aromatic N) is 4. The smallest absolute Gasteiger partial charge is 0.269 e. The van der Waals surface area contributed by atoms with E-state index < -0.39 is 22.3 Å². The molecule has 2 heterocycles. The van der Waals surface area contributed by atoms with Gasteiger partial charge in [-0.3, -0.25) is 29.4 Å². The van der Waals surface area contributed by atoms with Crippen LogP contribution in [0.15, 0.2) is 121 Å². The van der Waals surface area contributed by atoms with Crippen LogP contribution in [0.5, 0.6) is 0 Å². The van der Waals surface area contributed by atoms with E-state index in [4.69, 9.17) is 0 Å². The van der Waals surface area contributed by atoms with Gasteiger partial charge in [-0.05, 0) is 46.8 Å². The van der Waals surface area contributed by atoms with Crippen LogP contribution in [0, 0.1) is 16.0 Å². The number of fused-ring (bicyclic) bond motifs is 1. The Morgan fingerprint density at radius 1 is 0.923 bits per heavy atom. The van der Waals surface area contributed by atoms with Gasteiger partial charge < -0.3 is 20.0 Å². The molecule has 0 fully saturated rings. The summed E-state index contributed by atoms with van der Waals surface area (Å²) in [5.74, 6) is -1.96. The van der Waals surface area contributed by atoms with E-state index >= 15 is 0 Å². The number of benzene rings is 5. The minimum absolute atomic E-state index is 0.0174. The minimum Gasteiger partial charge on any atom is -0.395 e. The lowest BCUT2D eigenvalue weighted by Gasteiger charge is -2.28. The molecule has 0 spiro atoms. The largest absolute Gasteiger partial charge is 0.395 e. The predicted molar refractivity (Wildman–Crippen MR) is 197 cm³/mol. The van der Waals surface area contributed by atoms with Crippen molar-refractivity contribution >= 4 is 51.2 Å². The van der Waals surface area contributed by atoms with Crippen LogP contribution in [0.1, 0.15) is 40.4 Å². The number of non-ortho nitro benzene ring substituents is 1. The summed E-state index contributed by atoms with van der Waals surface area (Å²) in [6, 6.07) is 32.0. The summed E-state index contributed by atoms with van der Waals surface area (Å²) in [6.45, 7) is 1.89. The van der Waals surface area contributed by atoms with Crippen LogP contribution in [0.3, 0.4) is 0 Å². The molecule has 2 aliphatic rings. The van der Waals surface area contributed by atoms with Gasteiger partial charge in [0.2, 0.25) is 5.91 Å². The summed E-state index contributed by atoms with van der Waals surface area (Å²) in [5, 5.41) is 35.4. The fourth-order valence-corrected chi connectivity index (χ4v) is 7.21. The summed E-state index contributed by atoms with van der Waals surface area (Å²) >= 11 is 0. The van der Waals surface area contributed by atoms with Gasteiger partial charge in [0.1, 0.15) is 0 Å². The Kier molecular flexibility index (Phi) is 9.14. The van der Waals surface area contributed by atoms with Crippen LogP contribution in [0.25, 0.3) is 10.8 Å². The first-order valence-corrected chi connectivity index (χ1v) is 17.0. The Labute approximate surface area is 299 Å². The van der Waals surface area contributed by atoms with E-state index in [0.29, 0.717) is 29.0 Å². The monoisotopic (exact) mass is 696 g/mol. The van der Waals surface area contributed by atoms with Crippen LogP contribution >= 0.6 is 0 Å². The lowest BCUT2D eigenvalue weighted by molar-refractivity contribution is -0.385. The lowest BCUT2D eigenvalue weighted by atomic mass is 9.82. The first kappa shape index (κ1) is 34.3. The maximum atomic E-state index is 14.3. The number of aliphatic hydroxyl groups is 2. The molecular formula is C41H36N4O7. The van der Waals surface area contributed by atoms with Crippen molar-refractivity contribution in [3.63, 3.8) is 0 Å². The molecule has 7 rings (SSSR count). The first-order chi connectivity index (χ1) is 25.1. The average Bonchev–Trinajstić information content (AvgIpc) is 3.56. The van der Waals surface area contributed by atoms with Crippen molar-refractivity contribution in [1.29, 1.82) is 0 Å². The van der Waals surface area contributed by atoms with Crippen LogP contribution in [0.2, 0.25) is 0 Å². The molecule has 52 heavy (non-hydrogen) atoms. The van der Waals surface area contributed by atoms with Crippen molar-refractivity contribution in [2.24, 2.45) is 5.92 Å². The number of anilines is 3. The maximum absolute atomic E-state index is 14.3. The van der Waals surface area contributed by atoms with Crippen molar-refractivity contribution < 1.29 is 29.5 Å². The lowest BCUT2D eigenvalue weighted by Crippen LogP contribution is -2.44. The van der Waals surface area contributed by atoms with Crippen molar-refractivity contribution in [2.75, 3.05) is 23.0 Å². The van der Waals surface area contributed by atoms with Gasteiger partial charge in [-0.2, -0.15) is 0 Å². The van der Waals surface area contributed by atoms with Gasteiger partial charge in [0.25, 0.3) is 17.5 Å². The number of hydrogen-bond acceptors (Lipinski definition) is 7. The standard InChI is InChI=1S/C41H36N4O7/c1-27(9-5-18-37(47)42(21-22-46)25-28-10-3-2-4-11-28)41(50)34-24-32(45(51)52)19-20-35(34)43(40(41)49)26-29-12-6-15-31(23-29)44-36-17-8-14-30-13-7-16-33(38(30)36)39(44)48/h2-17,19-20,23-24,27,46,50H,18,21-22,25-26H2,1H3/b9-5+/t27-,41+/m0/s1. The van der Waals surface area contributed by atoms with Crippen LogP contribution in [-0.2, 0) is 28.3 Å². The summed E-state index contributed by atoms with van der Waals surface area (Å²) < 4.78 is 0. The average molecular weight is 697 g/mol. The molecule has 5 aromatic rings. The van der Waals surface area contributed by atoms with E-state index in [1.807, 2.05) is 78.9 Å². The molecule has 2 atom stereocenters. The summed E-state index contributed by atoms with van der Waals surface area (Å²) in [5.41, 5.74) is 1.53. The summed E-state index contributed by atoms with van der Waals surface area (Å²) in [7, 11) is 0. The van der Waals surface area contributed by atoms with E-state index in [2.05, 4.69) is 0 Å². The van der Waals surface area contributed by atoms with Gasteiger partial charge in [0.05, 0.1) is 35.0 Å². The second-order valence-electron chi connectivity index (χ2n) is 13.1. The first-order valence-electron chi connectivity index (χ1n) is 17.0. The molecule has 5 aromatic carbocycles. The number of amides is 3. The van der Waals surface area contributed by atoms with E-state index in [1.54, 1.807) is 36.1 Å². The summed E-state index contributed by atoms with van der Waals surface area (Å²) in [4.78, 5) is 56.8. The normalized spacial score (nSPS) is 16.9. The number of nitro benzene ring substituents is 1. The molecule has 11 heteroatoms. The number of carbonyl (C=O) groups excluding carboxylic acids is 3. The second-order valence-corrected chi connectivity index (χ2v) is 13.1. The molecule has 0 bridgehead atoms. The van der Waals surface area contributed by atoms with Crippen molar-refractivity contribution in [1.82, 2.24) is 4.90 Å². The van der Waals surface area contributed by atoms with Gasteiger partial charge in [-0.25, -0.2) is 0 Å². The van der Waals surface area contributed by atoms with Gasteiger partial charge in [-0.1, -0.05) is 85.8 Å². The van der Waals surface area contributed by atoms with E-state index in [9.17, 15) is 34.7 Å². The maximum Gasteiger partial charge on any atom is 0.269 e. The zero-order valence-electron chi connectivity index (χ0n) is 28.4. The van der Waals surface area contributed by atoms with Gasteiger partial charge in [0.15, 0.2) is 5.60 Å². The SMILES string of the molecule is C[C@@H](/C=C/CC(=O)N(CCO)Cc1ccccc1)[C@]1(O)C(=O)N(Cc2cccc(N3C(=O)c4cccc5cccc3c45)c2)c2ccc([N+](=O)[O-])cc21. The molecule has 0 aliphatic carbocycles. The topological polar surface area (TPSA) is 145 Å². The highest BCUT2D eigenvalue weighted by Crippen LogP contribution is 2.47. The zero-order chi connectivity index (χ0) is 36.6. The Morgan fingerprint density at radius 2 is 1.65 bits per heavy atom. The van der Waals surface area contributed by atoms with Gasteiger partial charge in [0, 0.05) is 54.2 Å². The Balaban J connectivity index is 1.15. The predicted octanol–water partition coefficient (Wildman–Crippen LogP) is 6.38. The number of aliphatic hydroxyl groups excluding tert-OH is 1. The third-order valence-electron chi connectivity index (χ3n) is 9.85. The highest BCUT2D eigenvalue weighted by molar-refractivity contribution is 6.27. The fourth-order valence-electron chi connectivity index (χ4n) is 7.21. The van der Waals surface area contributed by atoms with Crippen LogP contribution < -0.4 is 9.80 Å². The number of rotatable bonds is 12. The van der Waals surface area contributed by atoms with Gasteiger partial charge >= 0.3 is 0 Å². The summed E-state index contributed by atoms with van der Waals surface area (Å²) in [6.07, 6.45) is 3.09. The molecule has 2 N–H and O–H groups in total. The van der Waals surface area contributed by atoms with E-state index in [-0.39, 0.29) is 49.2 Å². The molecule has 0 radical (unpaired) electrons. The van der Waals surface area contributed by atoms with Crippen LogP contribution in [-0.4, -0.2) is 50.9 Å². The molecule has 3 amide bonds. The van der Waals surface area contributed by atoms with Crippen molar-refractivity contribution in [2.45, 2.75) is 32.0 Å².